The number of alkyl halides is 1. The molecular formula is C8H7Cl2NO. The molecule has 0 aliphatic rings. The summed E-state index contributed by atoms with van der Waals surface area (Å²) in [7, 11) is 0. The summed E-state index contributed by atoms with van der Waals surface area (Å²) in [6.07, 6.45) is 0. The second kappa shape index (κ2) is 3.87. The highest BCUT2D eigenvalue weighted by molar-refractivity contribution is 6.32. The van der Waals surface area contributed by atoms with Gasteiger partial charge in [0.15, 0.2) is 5.78 Å². The van der Waals surface area contributed by atoms with Gasteiger partial charge in [0.25, 0.3) is 0 Å². The van der Waals surface area contributed by atoms with Crippen LogP contribution in [0.15, 0.2) is 12.1 Å². The molecule has 0 aliphatic heterocycles. The minimum Gasteiger partial charge on any atom is -0.293 e. The number of nitrogens with zero attached hydrogens (tertiary/aromatic N) is 1. The van der Waals surface area contributed by atoms with Gasteiger partial charge in [-0.15, -0.1) is 11.6 Å². The zero-order chi connectivity index (χ0) is 9.14. The molecular weight excluding hydrogens is 197 g/mol. The molecule has 0 fully saturated rings. The van der Waals surface area contributed by atoms with Crippen LogP contribution in [0.25, 0.3) is 0 Å². The smallest absolute Gasteiger partial charge is 0.177 e. The van der Waals surface area contributed by atoms with E-state index in [9.17, 15) is 4.79 Å². The lowest BCUT2D eigenvalue weighted by molar-refractivity contribution is 0.102. The first-order valence-corrected chi connectivity index (χ1v) is 4.28. The van der Waals surface area contributed by atoms with Crippen LogP contribution < -0.4 is 0 Å². The third-order valence-corrected chi connectivity index (χ3v) is 1.80. The standard InChI is InChI=1S/C8H7Cl2NO/c1-5-2-6(7(12)4-9)3-8(10)11-5/h2-3H,4H2,1H3. The second-order valence-corrected chi connectivity index (χ2v) is 3.03. The molecule has 0 saturated heterocycles. The fourth-order valence-corrected chi connectivity index (χ4v) is 1.27. The van der Waals surface area contributed by atoms with Gasteiger partial charge in [-0.05, 0) is 19.1 Å². The van der Waals surface area contributed by atoms with E-state index in [2.05, 4.69) is 4.98 Å². The van der Waals surface area contributed by atoms with E-state index < -0.39 is 0 Å². The fraction of sp³-hybridized carbons (Fsp3) is 0.250. The highest BCUT2D eigenvalue weighted by atomic mass is 35.5. The highest BCUT2D eigenvalue weighted by Crippen LogP contribution is 2.11. The van der Waals surface area contributed by atoms with Crippen molar-refractivity contribution in [2.45, 2.75) is 6.92 Å². The Morgan fingerprint density at radius 1 is 1.58 bits per heavy atom. The Bertz CT molecular complexity index is 292. The van der Waals surface area contributed by atoms with E-state index in [1.807, 2.05) is 0 Å². The van der Waals surface area contributed by atoms with Crippen molar-refractivity contribution in [1.29, 1.82) is 0 Å². The van der Waals surface area contributed by atoms with Crippen molar-refractivity contribution in [2.75, 3.05) is 5.88 Å². The maximum absolute atomic E-state index is 11.1. The Morgan fingerprint density at radius 3 is 2.75 bits per heavy atom. The molecule has 4 heteroatoms. The van der Waals surface area contributed by atoms with E-state index in [-0.39, 0.29) is 11.7 Å². The Morgan fingerprint density at radius 2 is 2.25 bits per heavy atom. The molecule has 1 aromatic heterocycles. The summed E-state index contributed by atoms with van der Waals surface area (Å²) in [5, 5.41) is 0.323. The fourth-order valence-electron chi connectivity index (χ4n) is 0.866. The molecule has 1 rings (SSSR count). The van der Waals surface area contributed by atoms with Gasteiger partial charge in [-0.25, -0.2) is 4.98 Å². The zero-order valence-electron chi connectivity index (χ0n) is 6.47. The SMILES string of the molecule is Cc1cc(C(=O)CCl)cc(Cl)n1. The van der Waals surface area contributed by atoms with Crippen LogP contribution in [0.4, 0.5) is 0 Å². The van der Waals surface area contributed by atoms with Crippen molar-refractivity contribution < 1.29 is 4.79 Å². The average molecular weight is 204 g/mol. The number of hydrogen-bond donors (Lipinski definition) is 0. The molecule has 0 radical (unpaired) electrons. The van der Waals surface area contributed by atoms with Gasteiger partial charge in [0.2, 0.25) is 0 Å². The number of hydrogen-bond acceptors (Lipinski definition) is 2. The van der Waals surface area contributed by atoms with Gasteiger partial charge in [0.05, 0.1) is 5.88 Å². The molecule has 0 N–H and O–H groups in total. The predicted molar refractivity (Wildman–Crippen MR) is 49.0 cm³/mol. The Kier molecular flexibility index (Phi) is 3.06. The van der Waals surface area contributed by atoms with Crippen molar-refractivity contribution in [3.63, 3.8) is 0 Å². The minimum atomic E-state index is -0.135. The number of ketones is 1. The van der Waals surface area contributed by atoms with Gasteiger partial charge >= 0.3 is 0 Å². The lowest BCUT2D eigenvalue weighted by Gasteiger charge is -1.98. The number of carbonyl (C=O) groups is 1. The molecule has 64 valence electrons. The first-order chi connectivity index (χ1) is 5.63. The van der Waals surface area contributed by atoms with E-state index >= 15 is 0 Å². The van der Waals surface area contributed by atoms with Gasteiger partial charge in [-0.1, -0.05) is 11.6 Å². The summed E-state index contributed by atoms with van der Waals surface area (Å²) >= 11 is 11.0. The topological polar surface area (TPSA) is 30.0 Å². The number of rotatable bonds is 2. The first kappa shape index (κ1) is 9.49. The quantitative estimate of drug-likeness (QED) is 0.420. The molecule has 0 bridgehead atoms. The van der Waals surface area contributed by atoms with Gasteiger partial charge in [-0.3, -0.25) is 4.79 Å². The molecule has 0 spiro atoms. The molecule has 0 unspecified atom stereocenters. The number of carbonyl (C=O) groups excluding carboxylic acids is 1. The van der Waals surface area contributed by atoms with E-state index in [1.54, 1.807) is 13.0 Å². The maximum atomic E-state index is 11.1. The molecule has 0 amide bonds. The van der Waals surface area contributed by atoms with E-state index in [4.69, 9.17) is 23.2 Å². The van der Waals surface area contributed by atoms with Crippen molar-refractivity contribution in [3.05, 3.63) is 28.5 Å². The molecule has 0 atom stereocenters. The summed E-state index contributed by atoms with van der Waals surface area (Å²) in [5.41, 5.74) is 1.23. The van der Waals surface area contributed by atoms with Gasteiger partial charge in [0, 0.05) is 11.3 Å². The summed E-state index contributed by atoms with van der Waals surface area (Å²) < 4.78 is 0. The van der Waals surface area contributed by atoms with Crippen LogP contribution in [0, 0.1) is 6.92 Å². The summed E-state index contributed by atoms with van der Waals surface area (Å²) in [6.45, 7) is 1.77. The van der Waals surface area contributed by atoms with Crippen LogP contribution in [-0.2, 0) is 0 Å². The van der Waals surface area contributed by atoms with E-state index in [1.165, 1.54) is 6.07 Å². The zero-order valence-corrected chi connectivity index (χ0v) is 7.99. The predicted octanol–water partition coefficient (Wildman–Crippen LogP) is 2.46. The van der Waals surface area contributed by atoms with E-state index in [0.29, 0.717) is 10.7 Å². The largest absolute Gasteiger partial charge is 0.293 e. The summed E-state index contributed by atoms with van der Waals surface area (Å²) in [4.78, 5) is 15.0. The third-order valence-electron chi connectivity index (χ3n) is 1.37. The highest BCUT2D eigenvalue weighted by Gasteiger charge is 2.05. The number of pyridine rings is 1. The lowest BCUT2D eigenvalue weighted by atomic mass is 10.2. The molecule has 0 saturated carbocycles. The minimum absolute atomic E-state index is 0.0280. The summed E-state index contributed by atoms with van der Waals surface area (Å²) in [5.74, 6) is -0.163. The Labute approximate surface area is 80.5 Å². The van der Waals surface area contributed by atoms with Crippen LogP contribution in [0.2, 0.25) is 5.15 Å². The molecule has 1 heterocycles. The van der Waals surface area contributed by atoms with Crippen LogP contribution in [-0.4, -0.2) is 16.6 Å². The van der Waals surface area contributed by atoms with Gasteiger partial charge in [-0.2, -0.15) is 0 Å². The normalized spacial score (nSPS) is 9.92. The van der Waals surface area contributed by atoms with Crippen molar-refractivity contribution in [1.82, 2.24) is 4.98 Å². The van der Waals surface area contributed by atoms with E-state index in [0.717, 1.165) is 5.69 Å². The van der Waals surface area contributed by atoms with Gasteiger partial charge < -0.3 is 0 Å². The molecule has 1 aromatic rings. The van der Waals surface area contributed by atoms with Crippen LogP contribution in [0.3, 0.4) is 0 Å². The Balaban J connectivity index is 3.08. The molecule has 12 heavy (non-hydrogen) atoms. The first-order valence-electron chi connectivity index (χ1n) is 3.37. The van der Waals surface area contributed by atoms with Crippen LogP contribution >= 0.6 is 23.2 Å². The van der Waals surface area contributed by atoms with Gasteiger partial charge in [0.1, 0.15) is 5.15 Å². The molecule has 0 aromatic carbocycles. The van der Waals surface area contributed by atoms with Crippen molar-refractivity contribution in [2.24, 2.45) is 0 Å². The molecule has 2 nitrogen and oxygen atoms in total. The van der Waals surface area contributed by atoms with Crippen molar-refractivity contribution >= 4 is 29.0 Å². The van der Waals surface area contributed by atoms with Crippen molar-refractivity contribution in [3.8, 4) is 0 Å². The Hall–Kier alpha value is -0.600. The van der Waals surface area contributed by atoms with Crippen LogP contribution in [0.5, 0.6) is 0 Å². The second-order valence-electron chi connectivity index (χ2n) is 2.38. The number of aromatic nitrogens is 1. The maximum Gasteiger partial charge on any atom is 0.177 e. The third kappa shape index (κ3) is 2.19. The number of halogens is 2. The van der Waals surface area contributed by atoms with Crippen LogP contribution in [0.1, 0.15) is 16.1 Å². The number of aryl methyl sites for hydroxylation is 1. The monoisotopic (exact) mass is 203 g/mol. The molecule has 0 aliphatic carbocycles. The summed E-state index contributed by atoms with van der Waals surface area (Å²) in [6, 6.07) is 3.18. The lowest BCUT2D eigenvalue weighted by Crippen LogP contribution is -2.01. The number of Topliss-reactive ketones (excluding diaryl/α,β-unsaturated/α-hetero) is 1. The average Bonchev–Trinajstić information content (AvgIpc) is 2.01.